The molecule has 0 bridgehead atoms. The lowest BCUT2D eigenvalue weighted by Crippen LogP contribution is -2.33. The summed E-state index contributed by atoms with van der Waals surface area (Å²) in [5.41, 5.74) is 2.38. The van der Waals surface area contributed by atoms with Crippen molar-refractivity contribution in [2.75, 3.05) is 24.2 Å². The van der Waals surface area contributed by atoms with Crippen LogP contribution in [0, 0.1) is 0 Å². The third-order valence-electron chi connectivity index (χ3n) is 5.50. The molecule has 0 saturated carbocycles. The van der Waals surface area contributed by atoms with Gasteiger partial charge in [-0.15, -0.1) is 0 Å². The zero-order valence-electron chi connectivity index (χ0n) is 16.7. The Morgan fingerprint density at radius 3 is 2.70 bits per heavy atom. The summed E-state index contributed by atoms with van der Waals surface area (Å²) < 4.78 is 0.771. The number of aromatic nitrogens is 2. The van der Waals surface area contributed by atoms with E-state index >= 15 is 0 Å². The summed E-state index contributed by atoms with van der Waals surface area (Å²) in [4.78, 5) is 35.7. The summed E-state index contributed by atoms with van der Waals surface area (Å²) >= 11 is 6.82. The molecule has 6 nitrogen and oxygen atoms in total. The number of anilines is 1. The second-order valence-electron chi connectivity index (χ2n) is 7.64. The van der Waals surface area contributed by atoms with Gasteiger partial charge >= 0.3 is 0 Å². The van der Waals surface area contributed by atoms with Crippen molar-refractivity contribution in [2.24, 2.45) is 0 Å². The van der Waals surface area contributed by atoms with Crippen molar-refractivity contribution >= 4 is 45.9 Å². The largest absolute Gasteiger partial charge is 0.358 e. The highest BCUT2D eigenvalue weighted by Gasteiger charge is 2.28. The standard InChI is InChI=1S/C22H24N4O2S2/c27-19-12-16(15-7-3-1-4-8-15)11-18-17(19)13-23-21(24-18)25-20(28)14-30-22(29)26-9-5-2-6-10-26/h1,3-4,7-8,13,16H,2,5-6,9-12,14H2,(H,23,24,25,28)/t16-/m1/s1. The van der Waals surface area contributed by atoms with Gasteiger partial charge in [-0.05, 0) is 37.2 Å². The molecule has 1 aliphatic heterocycles. The van der Waals surface area contributed by atoms with E-state index in [1.165, 1.54) is 24.4 Å². The Morgan fingerprint density at radius 1 is 1.17 bits per heavy atom. The number of nitrogens with zero attached hydrogens (tertiary/aromatic N) is 3. The van der Waals surface area contributed by atoms with Gasteiger partial charge in [-0.3, -0.25) is 14.9 Å². The quantitative estimate of drug-likeness (QED) is 0.724. The van der Waals surface area contributed by atoms with Crippen LogP contribution < -0.4 is 5.32 Å². The average Bonchev–Trinajstić information content (AvgIpc) is 2.78. The second-order valence-corrected chi connectivity index (χ2v) is 9.25. The smallest absolute Gasteiger partial charge is 0.237 e. The number of thioether (sulfide) groups is 1. The van der Waals surface area contributed by atoms with Crippen LogP contribution in [0.5, 0.6) is 0 Å². The minimum Gasteiger partial charge on any atom is -0.358 e. The molecule has 1 aromatic heterocycles. The summed E-state index contributed by atoms with van der Waals surface area (Å²) in [6.07, 6.45) is 6.19. The van der Waals surface area contributed by atoms with E-state index < -0.39 is 0 Å². The molecular weight excluding hydrogens is 416 g/mol. The fraction of sp³-hybridized carbons (Fsp3) is 0.409. The topological polar surface area (TPSA) is 75.2 Å². The number of benzene rings is 1. The molecule has 0 unspecified atom stereocenters. The lowest BCUT2D eigenvalue weighted by atomic mass is 9.82. The minimum absolute atomic E-state index is 0.0467. The molecule has 1 fully saturated rings. The number of piperidine rings is 1. The van der Waals surface area contributed by atoms with Gasteiger partial charge in [0.2, 0.25) is 11.9 Å². The zero-order valence-corrected chi connectivity index (χ0v) is 18.3. The van der Waals surface area contributed by atoms with Crippen LogP contribution in [-0.4, -0.2) is 49.7 Å². The Hall–Kier alpha value is -2.32. The van der Waals surface area contributed by atoms with Crippen molar-refractivity contribution < 1.29 is 9.59 Å². The first-order valence-corrected chi connectivity index (χ1v) is 11.6. The van der Waals surface area contributed by atoms with Crippen LogP contribution in [0.25, 0.3) is 0 Å². The summed E-state index contributed by atoms with van der Waals surface area (Å²) in [6, 6.07) is 10.00. The molecule has 1 saturated heterocycles. The van der Waals surface area contributed by atoms with E-state index in [2.05, 4.69) is 20.2 Å². The van der Waals surface area contributed by atoms with Crippen molar-refractivity contribution in [3.63, 3.8) is 0 Å². The van der Waals surface area contributed by atoms with Crippen molar-refractivity contribution in [2.45, 2.75) is 38.0 Å². The highest BCUT2D eigenvalue weighted by molar-refractivity contribution is 8.23. The van der Waals surface area contributed by atoms with E-state index in [9.17, 15) is 9.59 Å². The molecule has 1 aromatic carbocycles. The van der Waals surface area contributed by atoms with Gasteiger partial charge in [0.25, 0.3) is 0 Å². The molecule has 1 amide bonds. The summed E-state index contributed by atoms with van der Waals surface area (Å²) in [5, 5.41) is 2.75. The van der Waals surface area contributed by atoms with Crippen LogP contribution >= 0.6 is 24.0 Å². The lowest BCUT2D eigenvalue weighted by Gasteiger charge is -2.28. The first-order valence-electron chi connectivity index (χ1n) is 10.3. The number of fused-ring (bicyclic) bond motifs is 1. The maximum Gasteiger partial charge on any atom is 0.237 e. The van der Waals surface area contributed by atoms with Gasteiger partial charge in [0, 0.05) is 25.7 Å². The van der Waals surface area contributed by atoms with Crippen LogP contribution in [0.15, 0.2) is 36.5 Å². The minimum atomic E-state index is -0.193. The number of Topliss-reactive ketones (excluding diaryl/α,β-unsaturated/α-hetero) is 1. The summed E-state index contributed by atoms with van der Waals surface area (Å²) in [5.74, 6) is 0.416. The highest BCUT2D eigenvalue weighted by atomic mass is 32.2. The Balaban J connectivity index is 1.37. The predicted molar refractivity (Wildman–Crippen MR) is 123 cm³/mol. The van der Waals surface area contributed by atoms with Crippen molar-refractivity contribution in [3.8, 4) is 0 Å². The molecule has 2 aliphatic rings. The maximum absolute atomic E-state index is 12.5. The van der Waals surface area contributed by atoms with Crippen molar-refractivity contribution in [1.82, 2.24) is 14.9 Å². The van der Waals surface area contributed by atoms with Crippen molar-refractivity contribution in [1.29, 1.82) is 0 Å². The number of hydrogen-bond acceptors (Lipinski definition) is 6. The molecule has 4 rings (SSSR count). The van der Waals surface area contributed by atoms with E-state index in [4.69, 9.17) is 12.2 Å². The zero-order chi connectivity index (χ0) is 20.9. The van der Waals surface area contributed by atoms with Gasteiger partial charge in [0.15, 0.2) is 5.78 Å². The van der Waals surface area contributed by atoms with E-state index in [0.29, 0.717) is 24.1 Å². The molecule has 1 atom stereocenters. The van der Waals surface area contributed by atoms with Crippen LogP contribution in [0.2, 0.25) is 0 Å². The van der Waals surface area contributed by atoms with Crippen LogP contribution in [0.3, 0.4) is 0 Å². The van der Waals surface area contributed by atoms with E-state index in [1.54, 1.807) is 0 Å². The van der Waals surface area contributed by atoms with E-state index in [1.807, 2.05) is 30.3 Å². The molecule has 1 aliphatic carbocycles. The highest BCUT2D eigenvalue weighted by Crippen LogP contribution is 2.31. The number of amides is 1. The Morgan fingerprint density at radius 2 is 1.93 bits per heavy atom. The SMILES string of the molecule is O=C(CSC(=S)N1CCCCC1)Nc1ncc2c(n1)C[C@@H](c1ccccc1)CC2=O. The first-order chi connectivity index (χ1) is 14.6. The van der Waals surface area contributed by atoms with Crippen LogP contribution in [0.4, 0.5) is 5.95 Å². The van der Waals surface area contributed by atoms with Crippen LogP contribution in [0.1, 0.15) is 53.2 Å². The first kappa shape index (κ1) is 20.9. The third kappa shape index (κ3) is 5.05. The van der Waals surface area contributed by atoms with Gasteiger partial charge in [0.05, 0.1) is 17.0 Å². The predicted octanol–water partition coefficient (Wildman–Crippen LogP) is 3.83. The number of carbonyl (C=O) groups is 2. The average molecular weight is 441 g/mol. The van der Waals surface area contributed by atoms with Gasteiger partial charge in [0.1, 0.15) is 4.32 Å². The molecule has 2 heterocycles. The maximum atomic E-state index is 12.5. The second kappa shape index (κ2) is 9.66. The molecule has 0 spiro atoms. The molecule has 30 heavy (non-hydrogen) atoms. The number of rotatable bonds is 4. The number of nitrogens with one attached hydrogen (secondary N) is 1. The molecule has 1 N–H and O–H groups in total. The van der Waals surface area contributed by atoms with E-state index in [0.717, 1.165) is 35.8 Å². The third-order valence-corrected chi connectivity index (χ3v) is 7.03. The van der Waals surface area contributed by atoms with Gasteiger partial charge in [-0.2, -0.15) is 0 Å². The number of ketones is 1. The number of likely N-dealkylation sites (tertiary alicyclic amines) is 1. The number of carbonyl (C=O) groups excluding carboxylic acids is 2. The fourth-order valence-electron chi connectivity index (χ4n) is 3.92. The van der Waals surface area contributed by atoms with Crippen molar-refractivity contribution in [3.05, 3.63) is 53.3 Å². The molecule has 0 radical (unpaired) electrons. The summed E-state index contributed by atoms with van der Waals surface area (Å²) in [6.45, 7) is 1.94. The molecule has 2 aromatic rings. The number of hydrogen-bond donors (Lipinski definition) is 1. The number of thiocarbonyl (C=S) groups is 1. The van der Waals surface area contributed by atoms with E-state index in [-0.39, 0.29) is 29.3 Å². The van der Waals surface area contributed by atoms with Gasteiger partial charge in [-0.1, -0.05) is 54.3 Å². The molecular formula is C22H24N4O2S2. The summed E-state index contributed by atoms with van der Waals surface area (Å²) in [7, 11) is 0. The monoisotopic (exact) mass is 440 g/mol. The van der Waals surface area contributed by atoms with Crippen LogP contribution in [-0.2, 0) is 11.2 Å². The molecule has 156 valence electrons. The fourth-order valence-corrected chi connectivity index (χ4v) is 4.97. The Labute approximate surface area is 185 Å². The Kier molecular flexibility index (Phi) is 6.74. The van der Waals surface area contributed by atoms with Gasteiger partial charge in [-0.25, -0.2) is 9.97 Å². The lowest BCUT2D eigenvalue weighted by molar-refractivity contribution is -0.113. The normalized spacial score (nSPS) is 18.6. The molecule has 8 heteroatoms. The van der Waals surface area contributed by atoms with Gasteiger partial charge < -0.3 is 4.90 Å². The Bertz CT molecular complexity index is 945.